The van der Waals surface area contributed by atoms with Gasteiger partial charge in [0.25, 0.3) is 0 Å². The van der Waals surface area contributed by atoms with Crippen molar-refractivity contribution in [2.24, 2.45) is 10.7 Å². The molecule has 0 atom stereocenters. The SMILES string of the molecule is I.NC(=NCc1nnc2n1CCC2)Nc1ccccc1OC(F)(F)F. The molecule has 25 heavy (non-hydrogen) atoms. The van der Waals surface area contributed by atoms with Gasteiger partial charge < -0.3 is 20.4 Å². The van der Waals surface area contributed by atoms with Crippen LogP contribution < -0.4 is 15.8 Å². The van der Waals surface area contributed by atoms with Gasteiger partial charge in [0.15, 0.2) is 17.5 Å². The second-order valence-electron chi connectivity index (χ2n) is 5.16. The van der Waals surface area contributed by atoms with Crippen LogP contribution in [0.15, 0.2) is 29.3 Å². The Labute approximate surface area is 158 Å². The number of ether oxygens (including phenoxy) is 1. The Hall–Kier alpha value is -2.05. The summed E-state index contributed by atoms with van der Waals surface area (Å²) in [5.74, 6) is 1.16. The van der Waals surface area contributed by atoms with Crippen LogP contribution in [0.3, 0.4) is 0 Å². The van der Waals surface area contributed by atoms with Crippen molar-refractivity contribution in [1.29, 1.82) is 0 Å². The van der Waals surface area contributed by atoms with Gasteiger partial charge in [0, 0.05) is 13.0 Å². The minimum Gasteiger partial charge on any atom is -0.404 e. The smallest absolute Gasteiger partial charge is 0.404 e. The number of rotatable bonds is 4. The average molecular weight is 468 g/mol. The first kappa shape index (κ1) is 19.3. The van der Waals surface area contributed by atoms with Gasteiger partial charge in [-0.1, -0.05) is 12.1 Å². The molecule has 3 rings (SSSR count). The standard InChI is InChI=1S/C14H15F3N6O.HI/c15-14(16,17)24-10-5-2-1-4-9(10)20-13(18)19-8-12-22-21-11-6-3-7-23(11)12;/h1-2,4-5H,3,6-8H2,(H3,18,19,20);1H. The van der Waals surface area contributed by atoms with Crippen LogP contribution in [0.5, 0.6) is 5.75 Å². The number of benzene rings is 1. The van der Waals surface area contributed by atoms with Crippen molar-refractivity contribution in [3.63, 3.8) is 0 Å². The molecule has 2 aromatic rings. The molecule has 7 nitrogen and oxygen atoms in total. The minimum atomic E-state index is -4.79. The quantitative estimate of drug-likeness (QED) is 0.409. The minimum absolute atomic E-state index is 0. The predicted molar refractivity (Wildman–Crippen MR) is 95.8 cm³/mol. The van der Waals surface area contributed by atoms with Gasteiger partial charge in [-0.15, -0.1) is 47.3 Å². The second kappa shape index (κ2) is 7.89. The largest absolute Gasteiger partial charge is 0.573 e. The Morgan fingerprint density at radius 1 is 1.32 bits per heavy atom. The molecule has 3 N–H and O–H groups in total. The summed E-state index contributed by atoms with van der Waals surface area (Å²) in [4.78, 5) is 4.10. The van der Waals surface area contributed by atoms with Crippen molar-refractivity contribution in [2.75, 3.05) is 5.32 Å². The van der Waals surface area contributed by atoms with E-state index in [0.29, 0.717) is 5.82 Å². The fourth-order valence-electron chi connectivity index (χ4n) is 2.44. The zero-order valence-corrected chi connectivity index (χ0v) is 15.3. The number of para-hydroxylation sites is 2. The number of nitrogens with two attached hydrogens (primary N) is 1. The van der Waals surface area contributed by atoms with Crippen molar-refractivity contribution in [2.45, 2.75) is 32.3 Å². The third kappa shape index (κ3) is 4.96. The zero-order chi connectivity index (χ0) is 17.2. The maximum atomic E-state index is 12.4. The third-order valence-electron chi connectivity index (χ3n) is 3.45. The third-order valence-corrected chi connectivity index (χ3v) is 3.45. The van der Waals surface area contributed by atoms with Crippen LogP contribution in [0.1, 0.15) is 18.1 Å². The Morgan fingerprint density at radius 3 is 2.84 bits per heavy atom. The molecule has 1 aromatic heterocycles. The van der Waals surface area contributed by atoms with E-state index < -0.39 is 6.36 Å². The average Bonchev–Trinajstić information content (AvgIpc) is 3.09. The number of nitrogens with zero attached hydrogens (tertiary/aromatic N) is 4. The molecular formula is C14H16F3IN6O. The molecule has 0 fully saturated rings. The number of hydrogen-bond acceptors (Lipinski definition) is 4. The summed E-state index contributed by atoms with van der Waals surface area (Å²) >= 11 is 0. The molecule has 1 aliphatic rings. The van der Waals surface area contributed by atoms with Crippen LogP contribution in [-0.4, -0.2) is 27.1 Å². The monoisotopic (exact) mass is 468 g/mol. The highest BCUT2D eigenvalue weighted by atomic mass is 127. The van der Waals surface area contributed by atoms with E-state index in [-0.39, 0.29) is 47.9 Å². The zero-order valence-electron chi connectivity index (χ0n) is 13.0. The summed E-state index contributed by atoms with van der Waals surface area (Å²) in [6.45, 7) is 1.02. The van der Waals surface area contributed by atoms with E-state index in [1.165, 1.54) is 18.2 Å². The van der Waals surface area contributed by atoms with Gasteiger partial charge in [-0.2, -0.15) is 0 Å². The summed E-state index contributed by atoms with van der Waals surface area (Å²) < 4.78 is 43.1. The lowest BCUT2D eigenvalue weighted by molar-refractivity contribution is -0.274. The topological polar surface area (TPSA) is 90.4 Å². The van der Waals surface area contributed by atoms with E-state index in [9.17, 15) is 13.2 Å². The number of alkyl halides is 3. The fourth-order valence-corrected chi connectivity index (χ4v) is 2.44. The van der Waals surface area contributed by atoms with E-state index in [1.54, 1.807) is 6.07 Å². The molecule has 0 saturated carbocycles. The number of fused-ring (bicyclic) bond motifs is 1. The molecule has 0 aliphatic carbocycles. The predicted octanol–water partition coefficient (Wildman–Crippen LogP) is 2.67. The lowest BCUT2D eigenvalue weighted by Crippen LogP contribution is -2.24. The van der Waals surface area contributed by atoms with E-state index >= 15 is 0 Å². The number of aliphatic imine (C=N–C) groups is 1. The Bertz CT molecular complexity index is 761. The molecule has 11 heteroatoms. The first-order chi connectivity index (χ1) is 11.4. The van der Waals surface area contributed by atoms with Gasteiger partial charge in [0.1, 0.15) is 12.4 Å². The van der Waals surface area contributed by atoms with Gasteiger partial charge in [-0.05, 0) is 18.6 Å². The first-order valence-corrected chi connectivity index (χ1v) is 7.25. The lowest BCUT2D eigenvalue weighted by Gasteiger charge is -2.14. The summed E-state index contributed by atoms with van der Waals surface area (Å²) in [5, 5.41) is 10.7. The summed E-state index contributed by atoms with van der Waals surface area (Å²) in [7, 11) is 0. The molecule has 0 bridgehead atoms. The van der Waals surface area contributed by atoms with E-state index in [4.69, 9.17) is 5.73 Å². The van der Waals surface area contributed by atoms with Gasteiger partial charge in [0.2, 0.25) is 0 Å². The van der Waals surface area contributed by atoms with Crippen molar-refractivity contribution in [1.82, 2.24) is 14.8 Å². The Kier molecular flexibility index (Phi) is 6.08. The number of aryl methyl sites for hydroxylation is 1. The molecule has 2 heterocycles. The number of halogens is 4. The van der Waals surface area contributed by atoms with E-state index in [1.807, 2.05) is 4.57 Å². The Balaban J connectivity index is 0.00000225. The van der Waals surface area contributed by atoms with Crippen molar-refractivity contribution >= 4 is 35.6 Å². The molecule has 0 saturated heterocycles. The summed E-state index contributed by atoms with van der Waals surface area (Å²) in [5.41, 5.74) is 5.82. The van der Waals surface area contributed by atoms with Gasteiger partial charge in [0.05, 0.1) is 5.69 Å². The number of guanidine groups is 1. The highest BCUT2D eigenvalue weighted by Crippen LogP contribution is 2.29. The second-order valence-corrected chi connectivity index (χ2v) is 5.16. The lowest BCUT2D eigenvalue weighted by atomic mass is 10.3. The maximum absolute atomic E-state index is 12.4. The fraction of sp³-hybridized carbons (Fsp3) is 0.357. The van der Waals surface area contributed by atoms with Crippen LogP contribution in [-0.2, 0) is 19.5 Å². The van der Waals surface area contributed by atoms with Crippen molar-refractivity contribution < 1.29 is 17.9 Å². The first-order valence-electron chi connectivity index (χ1n) is 7.25. The highest BCUT2D eigenvalue weighted by molar-refractivity contribution is 14.0. The van der Waals surface area contributed by atoms with Gasteiger partial charge in [-0.3, -0.25) is 0 Å². The Morgan fingerprint density at radius 2 is 2.08 bits per heavy atom. The van der Waals surface area contributed by atoms with E-state index in [0.717, 1.165) is 25.2 Å². The number of nitrogens with one attached hydrogen (secondary N) is 1. The maximum Gasteiger partial charge on any atom is 0.573 e. The summed E-state index contributed by atoms with van der Waals surface area (Å²) in [6.07, 6.45) is -2.89. The molecule has 0 spiro atoms. The van der Waals surface area contributed by atoms with Crippen LogP contribution >= 0.6 is 24.0 Å². The molecule has 136 valence electrons. The van der Waals surface area contributed by atoms with Crippen LogP contribution in [0.25, 0.3) is 0 Å². The van der Waals surface area contributed by atoms with Gasteiger partial charge >= 0.3 is 6.36 Å². The molecule has 0 unspecified atom stereocenters. The van der Waals surface area contributed by atoms with Crippen LogP contribution in [0.4, 0.5) is 18.9 Å². The van der Waals surface area contributed by atoms with Gasteiger partial charge in [-0.25, -0.2) is 4.99 Å². The van der Waals surface area contributed by atoms with E-state index in [2.05, 4.69) is 25.2 Å². The molecule has 0 amide bonds. The van der Waals surface area contributed by atoms with Crippen molar-refractivity contribution in [3.05, 3.63) is 35.9 Å². The molecule has 1 aliphatic heterocycles. The highest BCUT2D eigenvalue weighted by Gasteiger charge is 2.32. The number of anilines is 1. The molecule has 0 radical (unpaired) electrons. The summed E-state index contributed by atoms with van der Waals surface area (Å²) in [6, 6.07) is 5.59. The number of hydrogen-bond donors (Lipinski definition) is 2. The van der Waals surface area contributed by atoms with Crippen LogP contribution in [0, 0.1) is 0 Å². The van der Waals surface area contributed by atoms with Crippen molar-refractivity contribution in [3.8, 4) is 5.75 Å². The number of aromatic nitrogens is 3. The van der Waals surface area contributed by atoms with Crippen LogP contribution in [0.2, 0.25) is 0 Å². The molecular weight excluding hydrogens is 452 g/mol. The molecule has 1 aromatic carbocycles. The normalized spacial score (nSPS) is 14.0.